The second kappa shape index (κ2) is 11.8. The van der Waals surface area contributed by atoms with Gasteiger partial charge in [-0.25, -0.2) is 0 Å². The van der Waals surface area contributed by atoms with Gasteiger partial charge in [-0.1, -0.05) is 81.1 Å². The molecule has 0 radical (unpaired) electrons. The van der Waals surface area contributed by atoms with E-state index in [1.807, 2.05) is 12.2 Å². The third-order valence-corrected chi connectivity index (χ3v) is 4.20. The third-order valence-electron chi connectivity index (χ3n) is 4.20. The zero-order valence-electron chi connectivity index (χ0n) is 16.0. The van der Waals surface area contributed by atoms with Crippen LogP contribution >= 0.6 is 0 Å². The molecule has 0 spiro atoms. The highest BCUT2D eigenvalue weighted by molar-refractivity contribution is 5.42. The lowest BCUT2D eigenvalue weighted by Gasteiger charge is -2.00. The van der Waals surface area contributed by atoms with Gasteiger partial charge < -0.3 is 0 Å². The van der Waals surface area contributed by atoms with Gasteiger partial charge in [0.2, 0.25) is 0 Å². The molecule has 0 aliphatic heterocycles. The zero-order valence-corrected chi connectivity index (χ0v) is 16.0. The topological polar surface area (TPSA) is 0 Å². The molecule has 0 aromatic heterocycles. The van der Waals surface area contributed by atoms with Crippen molar-refractivity contribution in [1.82, 2.24) is 0 Å². The van der Waals surface area contributed by atoms with E-state index >= 15 is 0 Å². The van der Waals surface area contributed by atoms with Crippen LogP contribution in [-0.2, 0) is 12.8 Å². The smallest absolute Gasteiger partial charge is 0.0249 e. The van der Waals surface area contributed by atoms with Crippen LogP contribution in [-0.4, -0.2) is 0 Å². The Bertz CT molecular complexity index is 797. The number of unbranched alkanes of at least 4 members (excludes halogenated alkanes) is 2. The highest BCUT2D eigenvalue weighted by Crippen LogP contribution is 2.08. The molecule has 0 unspecified atom stereocenters. The Labute approximate surface area is 159 Å². The molecule has 0 atom stereocenters. The van der Waals surface area contributed by atoms with Crippen LogP contribution in [0.4, 0.5) is 0 Å². The van der Waals surface area contributed by atoms with Crippen LogP contribution in [0.25, 0.3) is 0 Å². The van der Waals surface area contributed by atoms with Crippen LogP contribution in [0, 0.1) is 23.7 Å². The van der Waals surface area contributed by atoms with Crippen LogP contribution in [0.15, 0.2) is 60.7 Å². The van der Waals surface area contributed by atoms with Gasteiger partial charge in [0.25, 0.3) is 0 Å². The minimum Gasteiger partial charge on any atom is -0.0689 e. The Morgan fingerprint density at radius 3 is 1.58 bits per heavy atom. The number of allylic oxidation sites excluding steroid dienone is 2. The highest BCUT2D eigenvalue weighted by Gasteiger charge is 1.93. The van der Waals surface area contributed by atoms with E-state index in [4.69, 9.17) is 0 Å². The minimum atomic E-state index is 1.04. The fourth-order valence-electron chi connectivity index (χ4n) is 2.71. The molecule has 0 heteroatoms. The van der Waals surface area contributed by atoms with Crippen LogP contribution in [0.3, 0.4) is 0 Å². The molecular weight excluding hydrogens is 312 g/mol. The molecule has 0 amide bonds. The molecule has 2 aromatic carbocycles. The second-order valence-electron chi connectivity index (χ2n) is 6.47. The maximum Gasteiger partial charge on any atom is 0.0249 e. The molecule has 2 aromatic rings. The summed E-state index contributed by atoms with van der Waals surface area (Å²) in [6.07, 6.45) is 10.9. The van der Waals surface area contributed by atoms with Gasteiger partial charge >= 0.3 is 0 Å². The van der Waals surface area contributed by atoms with E-state index in [0.29, 0.717) is 0 Å². The van der Waals surface area contributed by atoms with Gasteiger partial charge in [-0.3, -0.25) is 0 Å². The zero-order chi connectivity index (χ0) is 18.5. The SMILES string of the molecule is CCCCCc1ccc(C#CC=CC#Cc2ccc(CCC)cc2)cc1. The predicted molar refractivity (Wildman–Crippen MR) is 113 cm³/mol. The molecule has 0 saturated carbocycles. The summed E-state index contributed by atoms with van der Waals surface area (Å²) in [5, 5.41) is 0. The van der Waals surface area contributed by atoms with Gasteiger partial charge in [0.05, 0.1) is 0 Å². The molecular formula is C26H28. The maximum atomic E-state index is 3.15. The van der Waals surface area contributed by atoms with Crippen molar-refractivity contribution in [1.29, 1.82) is 0 Å². The highest BCUT2D eigenvalue weighted by atomic mass is 14.0. The summed E-state index contributed by atoms with van der Waals surface area (Å²) < 4.78 is 0. The van der Waals surface area contributed by atoms with Gasteiger partial charge in [-0.15, -0.1) is 0 Å². The molecule has 0 N–H and O–H groups in total. The first-order valence-corrected chi connectivity index (χ1v) is 9.67. The molecule has 0 bridgehead atoms. The summed E-state index contributed by atoms with van der Waals surface area (Å²) in [6.45, 7) is 4.43. The standard InChI is InChI=1S/C26H28/c1-3-5-8-12-24-19-21-26(22-20-24)14-10-7-6-9-13-25-17-15-23(11-4-2)16-18-25/h6-7,15-22H,3-5,8,11-12H2,1-2H3. The van der Waals surface area contributed by atoms with E-state index in [2.05, 4.69) is 86.1 Å². The molecule has 26 heavy (non-hydrogen) atoms. The molecule has 2 rings (SSSR count). The van der Waals surface area contributed by atoms with E-state index in [-0.39, 0.29) is 0 Å². The first-order chi connectivity index (χ1) is 12.8. The fourth-order valence-corrected chi connectivity index (χ4v) is 2.71. The van der Waals surface area contributed by atoms with Crippen molar-refractivity contribution >= 4 is 0 Å². The van der Waals surface area contributed by atoms with Crippen molar-refractivity contribution in [3.05, 3.63) is 82.9 Å². The lowest BCUT2D eigenvalue weighted by Crippen LogP contribution is -1.85. The predicted octanol–water partition coefficient (Wildman–Crippen LogP) is 6.33. The molecule has 0 aliphatic carbocycles. The quantitative estimate of drug-likeness (QED) is 0.426. The van der Waals surface area contributed by atoms with Crippen molar-refractivity contribution in [2.24, 2.45) is 0 Å². The van der Waals surface area contributed by atoms with E-state index in [0.717, 1.165) is 24.0 Å². The van der Waals surface area contributed by atoms with Gasteiger partial charge in [0.15, 0.2) is 0 Å². The maximum absolute atomic E-state index is 3.15. The number of rotatable bonds is 6. The van der Waals surface area contributed by atoms with Gasteiger partial charge in [0.1, 0.15) is 0 Å². The van der Waals surface area contributed by atoms with Crippen LogP contribution in [0.2, 0.25) is 0 Å². The summed E-state index contributed by atoms with van der Waals surface area (Å²) in [7, 11) is 0. The summed E-state index contributed by atoms with van der Waals surface area (Å²) in [5.74, 6) is 12.4. The summed E-state index contributed by atoms with van der Waals surface area (Å²) in [5.41, 5.74) is 4.86. The largest absolute Gasteiger partial charge is 0.0689 e. The summed E-state index contributed by atoms with van der Waals surface area (Å²) in [4.78, 5) is 0. The number of aryl methyl sites for hydroxylation is 2. The van der Waals surface area contributed by atoms with Crippen molar-refractivity contribution < 1.29 is 0 Å². The van der Waals surface area contributed by atoms with Crippen molar-refractivity contribution in [2.45, 2.75) is 52.4 Å². The normalized spacial score (nSPS) is 10.1. The average molecular weight is 341 g/mol. The van der Waals surface area contributed by atoms with Crippen LogP contribution in [0.5, 0.6) is 0 Å². The van der Waals surface area contributed by atoms with E-state index in [1.54, 1.807) is 0 Å². The average Bonchev–Trinajstić information content (AvgIpc) is 2.67. The number of benzene rings is 2. The third kappa shape index (κ3) is 7.46. The summed E-state index contributed by atoms with van der Waals surface area (Å²) in [6, 6.07) is 17.1. The molecule has 132 valence electrons. The second-order valence-corrected chi connectivity index (χ2v) is 6.47. The molecule has 0 fully saturated rings. The molecule has 0 heterocycles. The van der Waals surface area contributed by atoms with Crippen molar-refractivity contribution in [2.75, 3.05) is 0 Å². The number of hydrogen-bond acceptors (Lipinski definition) is 0. The van der Waals surface area contributed by atoms with Crippen LogP contribution in [0.1, 0.15) is 61.8 Å². The lowest BCUT2D eigenvalue weighted by atomic mass is 10.1. The Morgan fingerprint density at radius 1 is 0.615 bits per heavy atom. The molecule has 0 saturated heterocycles. The first kappa shape index (κ1) is 19.6. The first-order valence-electron chi connectivity index (χ1n) is 9.67. The van der Waals surface area contributed by atoms with Crippen molar-refractivity contribution in [3.63, 3.8) is 0 Å². The minimum absolute atomic E-state index is 1.04. The Hall–Kier alpha value is -2.70. The molecule has 0 aliphatic rings. The van der Waals surface area contributed by atoms with Crippen molar-refractivity contribution in [3.8, 4) is 23.7 Å². The Kier molecular flexibility index (Phi) is 8.89. The van der Waals surface area contributed by atoms with Gasteiger partial charge in [-0.2, -0.15) is 0 Å². The van der Waals surface area contributed by atoms with Gasteiger partial charge in [0, 0.05) is 11.1 Å². The summed E-state index contributed by atoms with van der Waals surface area (Å²) >= 11 is 0. The van der Waals surface area contributed by atoms with E-state index in [1.165, 1.54) is 36.8 Å². The lowest BCUT2D eigenvalue weighted by molar-refractivity contribution is 0.717. The van der Waals surface area contributed by atoms with Crippen LogP contribution < -0.4 is 0 Å². The monoisotopic (exact) mass is 340 g/mol. The fraction of sp³-hybridized carbons (Fsp3) is 0.308. The Balaban J connectivity index is 1.84. The Morgan fingerprint density at radius 2 is 1.12 bits per heavy atom. The molecule has 0 nitrogen and oxygen atoms in total. The van der Waals surface area contributed by atoms with E-state index < -0.39 is 0 Å². The van der Waals surface area contributed by atoms with Gasteiger partial charge in [-0.05, 0) is 66.8 Å². The van der Waals surface area contributed by atoms with E-state index in [9.17, 15) is 0 Å². The number of hydrogen-bond donors (Lipinski definition) is 0.